The van der Waals surface area contributed by atoms with Gasteiger partial charge in [-0.1, -0.05) is 0 Å². The minimum atomic E-state index is -0.924. The van der Waals surface area contributed by atoms with E-state index in [1.54, 1.807) is 27.0 Å². The van der Waals surface area contributed by atoms with Crippen LogP contribution in [0.25, 0.3) is 0 Å². The van der Waals surface area contributed by atoms with Gasteiger partial charge in [-0.3, -0.25) is 0 Å². The lowest BCUT2D eigenvalue weighted by Crippen LogP contribution is -2.26. The Bertz CT molecular complexity index is 351. The van der Waals surface area contributed by atoms with Crippen LogP contribution in [0, 0.1) is 17.0 Å². The highest BCUT2D eigenvalue weighted by molar-refractivity contribution is 5.28. The lowest BCUT2D eigenvalue weighted by atomic mass is 10.1. The van der Waals surface area contributed by atoms with Crippen LogP contribution in [-0.2, 0) is 6.54 Å². The summed E-state index contributed by atoms with van der Waals surface area (Å²) >= 11 is 0. The molecule has 0 atom stereocenters. The largest absolute Gasteiger partial charge is 0.392 e. The molecule has 0 bridgehead atoms. The van der Waals surface area contributed by atoms with Crippen LogP contribution in [0.5, 0.6) is 0 Å². The predicted octanol–water partition coefficient (Wildman–Crippen LogP) is 0.871. The first-order valence-corrected chi connectivity index (χ1v) is 4.20. The van der Waals surface area contributed by atoms with Gasteiger partial charge < -0.3 is 15.2 Å². The molecule has 0 saturated heterocycles. The van der Waals surface area contributed by atoms with Crippen molar-refractivity contribution in [2.24, 2.45) is 0 Å². The summed E-state index contributed by atoms with van der Waals surface area (Å²) in [5.74, 6) is -0.158. The molecule has 1 N–H and O–H groups in total. The molecular formula is C8H13N3O3. The number of rotatable bonds is 3. The van der Waals surface area contributed by atoms with E-state index in [9.17, 15) is 15.2 Å². The van der Waals surface area contributed by atoms with E-state index < -0.39 is 10.5 Å². The summed E-state index contributed by atoms with van der Waals surface area (Å²) in [4.78, 5) is 9.94. The number of aliphatic hydroxyl groups is 1. The van der Waals surface area contributed by atoms with Crippen LogP contribution in [0.3, 0.4) is 0 Å². The first-order chi connectivity index (χ1) is 6.29. The lowest BCUT2D eigenvalue weighted by molar-refractivity contribution is -0.390. The standard InChI is InChI=1S/C8H13N3O3/c1-6-4-10(5-8(2,3)12)9-7(6)11(13)14/h4,12H,5H2,1-3H3. The van der Waals surface area contributed by atoms with Gasteiger partial charge in [-0.25, -0.2) is 0 Å². The monoisotopic (exact) mass is 199 g/mol. The molecule has 0 fully saturated rings. The molecule has 78 valence electrons. The normalized spacial score (nSPS) is 11.7. The maximum atomic E-state index is 10.5. The van der Waals surface area contributed by atoms with Gasteiger partial charge in [-0.15, -0.1) is 0 Å². The van der Waals surface area contributed by atoms with Crippen LogP contribution in [0.15, 0.2) is 6.20 Å². The molecule has 0 radical (unpaired) electrons. The molecule has 6 heteroatoms. The number of hydrogen-bond donors (Lipinski definition) is 1. The Balaban J connectivity index is 2.92. The second-order valence-corrected chi connectivity index (χ2v) is 3.90. The van der Waals surface area contributed by atoms with Crippen molar-refractivity contribution in [3.05, 3.63) is 21.9 Å². The van der Waals surface area contributed by atoms with E-state index in [1.165, 1.54) is 4.68 Å². The summed E-state index contributed by atoms with van der Waals surface area (Å²) < 4.78 is 1.38. The third kappa shape index (κ3) is 2.53. The van der Waals surface area contributed by atoms with Crippen molar-refractivity contribution in [1.29, 1.82) is 0 Å². The second-order valence-electron chi connectivity index (χ2n) is 3.90. The highest BCUT2D eigenvalue weighted by Crippen LogP contribution is 2.15. The van der Waals surface area contributed by atoms with E-state index in [1.807, 2.05) is 0 Å². The van der Waals surface area contributed by atoms with Gasteiger partial charge >= 0.3 is 5.82 Å². The predicted molar refractivity (Wildman–Crippen MR) is 49.9 cm³/mol. The van der Waals surface area contributed by atoms with Gasteiger partial charge in [-0.2, -0.15) is 4.68 Å². The molecular weight excluding hydrogens is 186 g/mol. The number of hydrogen-bond acceptors (Lipinski definition) is 4. The molecule has 0 amide bonds. The van der Waals surface area contributed by atoms with Crippen molar-refractivity contribution in [2.45, 2.75) is 32.9 Å². The van der Waals surface area contributed by atoms with Crippen LogP contribution in [-0.4, -0.2) is 25.4 Å². The minimum Gasteiger partial charge on any atom is -0.388 e. The minimum absolute atomic E-state index is 0.158. The summed E-state index contributed by atoms with van der Waals surface area (Å²) in [5.41, 5.74) is -0.425. The molecule has 0 aliphatic carbocycles. The van der Waals surface area contributed by atoms with Gasteiger partial charge in [-0.05, 0) is 25.7 Å². The van der Waals surface area contributed by atoms with Crippen LogP contribution >= 0.6 is 0 Å². The third-order valence-electron chi connectivity index (χ3n) is 1.64. The molecule has 6 nitrogen and oxygen atoms in total. The quantitative estimate of drug-likeness (QED) is 0.578. The second kappa shape index (κ2) is 3.38. The first-order valence-electron chi connectivity index (χ1n) is 4.20. The first kappa shape index (κ1) is 10.6. The van der Waals surface area contributed by atoms with Crippen LogP contribution in [0.2, 0.25) is 0 Å². The summed E-state index contributed by atoms with van der Waals surface area (Å²) in [6, 6.07) is 0. The van der Waals surface area contributed by atoms with Crippen molar-refractivity contribution in [3.63, 3.8) is 0 Å². The lowest BCUT2D eigenvalue weighted by Gasteiger charge is -2.14. The maximum Gasteiger partial charge on any atom is 0.392 e. The number of aromatic nitrogens is 2. The molecule has 0 aromatic carbocycles. The van der Waals surface area contributed by atoms with Gasteiger partial charge in [0.2, 0.25) is 0 Å². The number of nitro groups is 1. The fraction of sp³-hybridized carbons (Fsp3) is 0.625. The Labute approximate surface area is 81.3 Å². The zero-order valence-corrected chi connectivity index (χ0v) is 8.39. The fourth-order valence-corrected chi connectivity index (χ4v) is 1.17. The van der Waals surface area contributed by atoms with E-state index in [0.29, 0.717) is 5.56 Å². The van der Waals surface area contributed by atoms with Gasteiger partial charge in [0.25, 0.3) is 0 Å². The van der Waals surface area contributed by atoms with Gasteiger partial charge in [0.1, 0.15) is 0 Å². The summed E-state index contributed by atoms with van der Waals surface area (Å²) in [5, 5.41) is 23.7. The molecule has 0 saturated carbocycles. The Morgan fingerprint density at radius 2 is 2.29 bits per heavy atom. The number of nitrogens with zero attached hydrogens (tertiary/aromatic N) is 3. The maximum absolute atomic E-state index is 10.5. The average molecular weight is 199 g/mol. The summed E-state index contributed by atoms with van der Waals surface area (Å²) in [6.07, 6.45) is 1.55. The molecule has 14 heavy (non-hydrogen) atoms. The van der Waals surface area contributed by atoms with Gasteiger partial charge in [0, 0.05) is 0 Å². The Morgan fingerprint density at radius 3 is 2.64 bits per heavy atom. The molecule has 1 aromatic heterocycles. The fourth-order valence-electron chi connectivity index (χ4n) is 1.17. The van der Waals surface area contributed by atoms with E-state index in [0.717, 1.165) is 0 Å². The Morgan fingerprint density at radius 1 is 1.71 bits per heavy atom. The zero-order chi connectivity index (χ0) is 10.9. The Hall–Kier alpha value is -1.43. The topological polar surface area (TPSA) is 81.2 Å². The van der Waals surface area contributed by atoms with Crippen molar-refractivity contribution in [2.75, 3.05) is 0 Å². The molecule has 1 rings (SSSR count). The number of aryl methyl sites for hydroxylation is 1. The molecule has 0 aliphatic rings. The van der Waals surface area contributed by atoms with E-state index in [4.69, 9.17) is 0 Å². The SMILES string of the molecule is Cc1cn(CC(C)(C)O)nc1[N+](=O)[O-]. The molecule has 0 aliphatic heterocycles. The molecule has 1 heterocycles. The smallest absolute Gasteiger partial charge is 0.388 e. The molecule has 1 aromatic rings. The molecule has 0 spiro atoms. The average Bonchev–Trinajstić information content (AvgIpc) is 2.26. The van der Waals surface area contributed by atoms with Crippen molar-refractivity contribution in [1.82, 2.24) is 9.78 Å². The van der Waals surface area contributed by atoms with E-state index in [2.05, 4.69) is 5.10 Å². The third-order valence-corrected chi connectivity index (χ3v) is 1.64. The summed E-state index contributed by atoms with van der Waals surface area (Å²) in [6.45, 7) is 5.10. The van der Waals surface area contributed by atoms with Crippen LogP contribution in [0.1, 0.15) is 19.4 Å². The van der Waals surface area contributed by atoms with Gasteiger partial charge in [0.05, 0.1) is 29.0 Å². The summed E-state index contributed by atoms with van der Waals surface area (Å²) in [7, 11) is 0. The Kier molecular flexibility index (Phi) is 2.57. The van der Waals surface area contributed by atoms with Crippen molar-refractivity contribution < 1.29 is 10.0 Å². The van der Waals surface area contributed by atoms with E-state index in [-0.39, 0.29) is 12.4 Å². The van der Waals surface area contributed by atoms with Gasteiger partial charge in [0.15, 0.2) is 0 Å². The van der Waals surface area contributed by atoms with Crippen molar-refractivity contribution >= 4 is 5.82 Å². The zero-order valence-electron chi connectivity index (χ0n) is 8.39. The van der Waals surface area contributed by atoms with E-state index >= 15 is 0 Å². The van der Waals surface area contributed by atoms with Crippen LogP contribution < -0.4 is 0 Å². The molecule has 0 unspecified atom stereocenters. The van der Waals surface area contributed by atoms with Crippen LogP contribution in [0.4, 0.5) is 5.82 Å². The highest BCUT2D eigenvalue weighted by atomic mass is 16.6. The van der Waals surface area contributed by atoms with Crippen molar-refractivity contribution in [3.8, 4) is 0 Å². The highest BCUT2D eigenvalue weighted by Gasteiger charge is 2.21.